The predicted molar refractivity (Wildman–Crippen MR) is 68.8 cm³/mol. The summed E-state index contributed by atoms with van der Waals surface area (Å²) in [5, 5.41) is 8.82. The minimum Gasteiger partial charge on any atom is -0.494 e. The SMILES string of the molecule is CCOc1cc(CC(=O)O)c(F)c(OC2CCOC2)c1. The number of rotatable bonds is 6. The second kappa shape index (κ2) is 6.56. The number of carbonyl (C=O) groups is 1. The second-order valence-electron chi connectivity index (χ2n) is 4.50. The Labute approximate surface area is 116 Å². The summed E-state index contributed by atoms with van der Waals surface area (Å²) in [5.74, 6) is -1.34. The maximum absolute atomic E-state index is 14.2. The van der Waals surface area contributed by atoms with Crippen molar-refractivity contribution in [2.75, 3.05) is 19.8 Å². The van der Waals surface area contributed by atoms with Crippen LogP contribution in [-0.2, 0) is 16.0 Å². The molecule has 5 nitrogen and oxygen atoms in total. The summed E-state index contributed by atoms with van der Waals surface area (Å²) < 4.78 is 30.3. The molecule has 0 radical (unpaired) electrons. The van der Waals surface area contributed by atoms with Crippen LogP contribution in [0.3, 0.4) is 0 Å². The van der Waals surface area contributed by atoms with Crippen molar-refractivity contribution in [1.29, 1.82) is 0 Å². The van der Waals surface area contributed by atoms with Gasteiger partial charge in [0.2, 0.25) is 0 Å². The first-order chi connectivity index (χ1) is 9.60. The summed E-state index contributed by atoms with van der Waals surface area (Å²) in [6.07, 6.45) is 0.0654. The lowest BCUT2D eigenvalue weighted by molar-refractivity contribution is -0.136. The van der Waals surface area contributed by atoms with E-state index in [1.165, 1.54) is 12.1 Å². The van der Waals surface area contributed by atoms with Gasteiger partial charge in [0.1, 0.15) is 11.9 Å². The zero-order valence-corrected chi connectivity index (χ0v) is 11.2. The van der Waals surface area contributed by atoms with E-state index in [1.54, 1.807) is 6.92 Å². The van der Waals surface area contributed by atoms with Crippen LogP contribution < -0.4 is 9.47 Å². The summed E-state index contributed by atoms with van der Waals surface area (Å²) in [6.45, 7) is 3.20. The first-order valence-corrected chi connectivity index (χ1v) is 6.51. The van der Waals surface area contributed by atoms with Crippen LogP contribution in [0.5, 0.6) is 11.5 Å². The number of benzene rings is 1. The molecule has 6 heteroatoms. The lowest BCUT2D eigenvalue weighted by atomic mass is 10.1. The zero-order valence-electron chi connectivity index (χ0n) is 11.2. The minimum atomic E-state index is -1.10. The van der Waals surface area contributed by atoms with Crippen LogP contribution in [0.4, 0.5) is 4.39 Å². The van der Waals surface area contributed by atoms with Crippen LogP contribution in [0.1, 0.15) is 18.9 Å². The molecule has 1 N–H and O–H groups in total. The van der Waals surface area contributed by atoms with Gasteiger partial charge in [0.05, 0.1) is 26.2 Å². The third-order valence-corrected chi connectivity index (χ3v) is 2.92. The van der Waals surface area contributed by atoms with Crippen LogP contribution in [0.15, 0.2) is 12.1 Å². The van der Waals surface area contributed by atoms with Crippen LogP contribution >= 0.6 is 0 Å². The molecule has 1 unspecified atom stereocenters. The van der Waals surface area contributed by atoms with Crippen LogP contribution in [0.2, 0.25) is 0 Å². The molecule has 1 atom stereocenters. The Kier molecular flexibility index (Phi) is 4.79. The second-order valence-corrected chi connectivity index (χ2v) is 4.50. The molecule has 1 aliphatic heterocycles. The van der Waals surface area contributed by atoms with Gasteiger partial charge in [-0.3, -0.25) is 4.79 Å². The molecule has 110 valence electrons. The molecule has 0 bridgehead atoms. The molecule has 0 saturated carbocycles. The minimum absolute atomic E-state index is 0.0164. The van der Waals surface area contributed by atoms with Crippen LogP contribution in [-0.4, -0.2) is 37.0 Å². The van der Waals surface area contributed by atoms with Gasteiger partial charge in [0, 0.05) is 18.1 Å². The summed E-state index contributed by atoms with van der Waals surface area (Å²) in [6, 6.07) is 2.84. The van der Waals surface area contributed by atoms with Crippen molar-refractivity contribution < 1.29 is 28.5 Å². The molecule has 0 aromatic heterocycles. The molecule has 1 aromatic carbocycles. The highest BCUT2D eigenvalue weighted by atomic mass is 19.1. The summed E-state index contributed by atoms with van der Waals surface area (Å²) >= 11 is 0. The third kappa shape index (κ3) is 3.60. The fraction of sp³-hybridized carbons (Fsp3) is 0.500. The van der Waals surface area contributed by atoms with E-state index in [1.807, 2.05) is 0 Å². The molecule has 1 heterocycles. The first-order valence-electron chi connectivity index (χ1n) is 6.51. The monoisotopic (exact) mass is 284 g/mol. The fourth-order valence-electron chi connectivity index (χ4n) is 2.04. The quantitative estimate of drug-likeness (QED) is 0.865. The third-order valence-electron chi connectivity index (χ3n) is 2.92. The van der Waals surface area contributed by atoms with Crippen LogP contribution in [0.25, 0.3) is 0 Å². The first kappa shape index (κ1) is 14.6. The molecule has 1 aromatic rings. The molecule has 0 amide bonds. The van der Waals surface area contributed by atoms with Gasteiger partial charge in [-0.25, -0.2) is 4.39 Å². The molecular weight excluding hydrogens is 267 g/mol. The lowest BCUT2D eigenvalue weighted by Crippen LogP contribution is -2.17. The molecule has 1 aliphatic rings. The van der Waals surface area contributed by atoms with Crippen molar-refractivity contribution in [3.05, 3.63) is 23.5 Å². The number of carboxylic acids is 1. The smallest absolute Gasteiger partial charge is 0.307 e. The van der Waals surface area contributed by atoms with Crippen molar-refractivity contribution in [1.82, 2.24) is 0 Å². The van der Waals surface area contributed by atoms with E-state index < -0.39 is 18.2 Å². The van der Waals surface area contributed by atoms with Gasteiger partial charge >= 0.3 is 5.97 Å². The normalized spacial score (nSPS) is 18.0. The highest BCUT2D eigenvalue weighted by molar-refractivity contribution is 5.70. The van der Waals surface area contributed by atoms with Crippen molar-refractivity contribution in [2.45, 2.75) is 25.9 Å². The van der Waals surface area contributed by atoms with Gasteiger partial charge in [-0.2, -0.15) is 0 Å². The number of hydrogen-bond acceptors (Lipinski definition) is 4. The van der Waals surface area contributed by atoms with Gasteiger partial charge < -0.3 is 19.3 Å². The van der Waals surface area contributed by atoms with E-state index in [0.29, 0.717) is 32.0 Å². The molecule has 1 saturated heterocycles. The van der Waals surface area contributed by atoms with E-state index in [4.69, 9.17) is 19.3 Å². The molecule has 0 aliphatic carbocycles. The standard InChI is InChI=1S/C14H17FO5/c1-2-19-11-5-9(6-13(16)17)14(15)12(7-11)20-10-3-4-18-8-10/h5,7,10H,2-4,6,8H2,1H3,(H,16,17). The van der Waals surface area contributed by atoms with E-state index >= 15 is 0 Å². The molecular formula is C14H17FO5. The Morgan fingerprint density at radius 1 is 1.55 bits per heavy atom. The topological polar surface area (TPSA) is 65.0 Å². The number of aliphatic carboxylic acids is 1. The fourth-order valence-corrected chi connectivity index (χ4v) is 2.04. The Hall–Kier alpha value is -1.82. The van der Waals surface area contributed by atoms with Crippen molar-refractivity contribution >= 4 is 5.97 Å². The largest absolute Gasteiger partial charge is 0.494 e. The van der Waals surface area contributed by atoms with E-state index in [-0.39, 0.29) is 17.4 Å². The maximum Gasteiger partial charge on any atom is 0.307 e. The van der Waals surface area contributed by atoms with Gasteiger partial charge in [-0.15, -0.1) is 0 Å². The Morgan fingerprint density at radius 3 is 2.95 bits per heavy atom. The number of hydrogen-bond donors (Lipinski definition) is 1. The summed E-state index contributed by atoms with van der Waals surface area (Å²) in [5.41, 5.74) is 0.0531. The maximum atomic E-state index is 14.2. The van der Waals surface area contributed by atoms with Crippen LogP contribution in [0, 0.1) is 5.82 Å². The number of halogens is 1. The lowest BCUT2D eigenvalue weighted by Gasteiger charge is -2.16. The zero-order chi connectivity index (χ0) is 14.5. The van der Waals surface area contributed by atoms with Gasteiger partial charge in [0.25, 0.3) is 0 Å². The summed E-state index contributed by atoms with van der Waals surface area (Å²) in [4.78, 5) is 10.8. The predicted octanol–water partition coefficient (Wildman–Crippen LogP) is 2.02. The Morgan fingerprint density at radius 2 is 2.35 bits per heavy atom. The molecule has 20 heavy (non-hydrogen) atoms. The van der Waals surface area contributed by atoms with Crippen molar-refractivity contribution in [3.63, 3.8) is 0 Å². The van der Waals surface area contributed by atoms with Crippen molar-refractivity contribution in [3.8, 4) is 11.5 Å². The highest BCUT2D eigenvalue weighted by Gasteiger charge is 2.21. The highest BCUT2D eigenvalue weighted by Crippen LogP contribution is 2.30. The van der Waals surface area contributed by atoms with Gasteiger partial charge in [0.15, 0.2) is 11.6 Å². The average molecular weight is 284 g/mol. The Bertz CT molecular complexity index is 483. The average Bonchev–Trinajstić information content (AvgIpc) is 2.87. The molecule has 2 rings (SSSR count). The van der Waals surface area contributed by atoms with Gasteiger partial charge in [-0.05, 0) is 13.0 Å². The number of ether oxygens (including phenoxy) is 3. The molecule has 0 spiro atoms. The van der Waals surface area contributed by atoms with Gasteiger partial charge in [-0.1, -0.05) is 0 Å². The van der Waals surface area contributed by atoms with E-state index in [0.717, 1.165) is 0 Å². The van der Waals surface area contributed by atoms with E-state index in [2.05, 4.69) is 0 Å². The number of carboxylic acid groups (broad SMARTS) is 1. The van der Waals surface area contributed by atoms with Crippen molar-refractivity contribution in [2.24, 2.45) is 0 Å². The van der Waals surface area contributed by atoms with E-state index in [9.17, 15) is 9.18 Å². The Balaban J connectivity index is 2.26. The molecule has 1 fully saturated rings. The summed E-state index contributed by atoms with van der Waals surface area (Å²) in [7, 11) is 0.